The van der Waals surface area contributed by atoms with Crippen LogP contribution in [0.2, 0.25) is 0 Å². The minimum atomic E-state index is -4.60. The monoisotopic (exact) mass is 329 g/mol. The summed E-state index contributed by atoms with van der Waals surface area (Å²) in [5, 5.41) is 10.8. The third-order valence-electron chi connectivity index (χ3n) is 3.52. The van der Waals surface area contributed by atoms with Crippen molar-refractivity contribution in [1.29, 1.82) is 0 Å². The van der Waals surface area contributed by atoms with E-state index in [4.69, 9.17) is 4.74 Å². The molecule has 23 heavy (non-hydrogen) atoms. The first kappa shape index (κ1) is 16.0. The molecule has 0 N–H and O–H groups in total. The SMILES string of the molecule is CC1(C)CN(c2ccc3nnc(C(F)(F)F)n3n2)CC(C)(C)O1. The lowest BCUT2D eigenvalue weighted by molar-refractivity contribution is -0.146. The Bertz CT molecular complexity index is 722. The van der Waals surface area contributed by atoms with Crippen LogP contribution >= 0.6 is 0 Å². The number of halogens is 3. The van der Waals surface area contributed by atoms with Gasteiger partial charge in [-0.2, -0.15) is 17.7 Å². The first-order valence-corrected chi connectivity index (χ1v) is 7.22. The van der Waals surface area contributed by atoms with Crippen LogP contribution in [0.5, 0.6) is 0 Å². The molecule has 1 saturated heterocycles. The van der Waals surface area contributed by atoms with Crippen molar-refractivity contribution in [2.75, 3.05) is 18.0 Å². The summed E-state index contributed by atoms with van der Waals surface area (Å²) < 4.78 is 45.6. The molecule has 0 aliphatic carbocycles. The van der Waals surface area contributed by atoms with Crippen molar-refractivity contribution in [1.82, 2.24) is 19.8 Å². The van der Waals surface area contributed by atoms with Crippen LogP contribution in [0.4, 0.5) is 19.0 Å². The van der Waals surface area contributed by atoms with Crippen molar-refractivity contribution >= 4 is 11.5 Å². The molecule has 2 aromatic heterocycles. The Morgan fingerprint density at radius 2 is 1.65 bits per heavy atom. The zero-order valence-electron chi connectivity index (χ0n) is 13.3. The van der Waals surface area contributed by atoms with Gasteiger partial charge in [-0.1, -0.05) is 0 Å². The van der Waals surface area contributed by atoms with Crippen molar-refractivity contribution in [2.24, 2.45) is 0 Å². The third kappa shape index (κ3) is 3.10. The van der Waals surface area contributed by atoms with E-state index in [-0.39, 0.29) is 5.65 Å². The normalized spacial score (nSPS) is 20.9. The molecule has 0 spiro atoms. The molecule has 0 unspecified atom stereocenters. The Morgan fingerprint density at radius 1 is 1.04 bits per heavy atom. The van der Waals surface area contributed by atoms with Gasteiger partial charge in [0.05, 0.1) is 11.2 Å². The molecule has 1 aliphatic rings. The van der Waals surface area contributed by atoms with Crippen molar-refractivity contribution in [3.05, 3.63) is 18.0 Å². The minimum absolute atomic E-state index is 0.0628. The number of fused-ring (bicyclic) bond motifs is 1. The maximum absolute atomic E-state index is 13.0. The maximum atomic E-state index is 13.0. The molecular formula is C14H18F3N5O. The lowest BCUT2D eigenvalue weighted by Crippen LogP contribution is -2.57. The summed E-state index contributed by atoms with van der Waals surface area (Å²) in [6, 6.07) is 3.14. The molecular weight excluding hydrogens is 311 g/mol. The summed E-state index contributed by atoms with van der Waals surface area (Å²) in [7, 11) is 0. The summed E-state index contributed by atoms with van der Waals surface area (Å²) in [5.41, 5.74) is -0.801. The summed E-state index contributed by atoms with van der Waals surface area (Å²) in [6.45, 7) is 8.83. The van der Waals surface area contributed by atoms with E-state index in [1.165, 1.54) is 6.07 Å². The molecule has 2 aromatic rings. The van der Waals surface area contributed by atoms with Crippen molar-refractivity contribution in [3.63, 3.8) is 0 Å². The van der Waals surface area contributed by atoms with Gasteiger partial charge >= 0.3 is 6.18 Å². The van der Waals surface area contributed by atoms with E-state index in [0.717, 1.165) is 4.52 Å². The van der Waals surface area contributed by atoms with Gasteiger partial charge in [-0.25, -0.2) is 0 Å². The average Bonchev–Trinajstić information content (AvgIpc) is 2.77. The Morgan fingerprint density at radius 3 is 2.22 bits per heavy atom. The molecule has 126 valence electrons. The van der Waals surface area contributed by atoms with Crippen LogP contribution < -0.4 is 4.90 Å². The zero-order valence-corrected chi connectivity index (χ0v) is 13.3. The lowest BCUT2D eigenvalue weighted by atomic mass is 9.99. The highest BCUT2D eigenvalue weighted by molar-refractivity contribution is 5.47. The van der Waals surface area contributed by atoms with Gasteiger partial charge in [0, 0.05) is 13.1 Å². The quantitative estimate of drug-likeness (QED) is 0.805. The lowest BCUT2D eigenvalue weighted by Gasteiger charge is -2.47. The van der Waals surface area contributed by atoms with Crippen molar-refractivity contribution in [2.45, 2.75) is 45.1 Å². The number of ether oxygens (including phenoxy) is 1. The van der Waals surface area contributed by atoms with Crippen LogP contribution in [0.15, 0.2) is 12.1 Å². The predicted octanol–water partition coefficient (Wildman–Crippen LogP) is 2.54. The minimum Gasteiger partial charge on any atom is -0.366 e. The number of rotatable bonds is 1. The van der Waals surface area contributed by atoms with Gasteiger partial charge < -0.3 is 9.64 Å². The maximum Gasteiger partial charge on any atom is 0.453 e. The van der Waals surface area contributed by atoms with Gasteiger partial charge in [0.15, 0.2) is 5.65 Å². The van der Waals surface area contributed by atoms with Crippen LogP contribution in [0, 0.1) is 0 Å². The zero-order chi connectivity index (χ0) is 17.0. The van der Waals surface area contributed by atoms with Crippen molar-refractivity contribution < 1.29 is 17.9 Å². The summed E-state index contributed by atoms with van der Waals surface area (Å²) in [6.07, 6.45) is -4.60. The number of hydrogen-bond acceptors (Lipinski definition) is 5. The standard InChI is InChI=1S/C14H18F3N5O/c1-12(2)7-21(8-13(3,4)23-12)10-6-5-9-18-19-11(14(15,16)17)22(9)20-10/h5-6H,7-8H2,1-4H3. The molecule has 0 aromatic carbocycles. The van der Waals surface area contributed by atoms with E-state index in [2.05, 4.69) is 15.3 Å². The van der Waals surface area contributed by atoms with E-state index in [9.17, 15) is 13.2 Å². The highest BCUT2D eigenvalue weighted by Gasteiger charge is 2.40. The molecule has 3 rings (SSSR count). The van der Waals surface area contributed by atoms with Crippen LogP contribution in [-0.2, 0) is 10.9 Å². The van der Waals surface area contributed by atoms with Gasteiger partial charge in [0.1, 0.15) is 5.82 Å². The highest BCUT2D eigenvalue weighted by atomic mass is 19.4. The molecule has 0 saturated carbocycles. The fourth-order valence-electron chi connectivity index (χ4n) is 3.07. The number of aromatic nitrogens is 4. The largest absolute Gasteiger partial charge is 0.453 e. The fourth-order valence-corrected chi connectivity index (χ4v) is 3.07. The smallest absolute Gasteiger partial charge is 0.366 e. The number of morpholine rings is 1. The van der Waals surface area contributed by atoms with Crippen LogP contribution in [0.25, 0.3) is 5.65 Å². The van der Waals surface area contributed by atoms with Gasteiger partial charge in [-0.3, -0.25) is 0 Å². The first-order valence-electron chi connectivity index (χ1n) is 7.22. The second-order valence-corrected chi connectivity index (χ2v) is 6.96. The molecule has 0 amide bonds. The molecule has 1 fully saturated rings. The van der Waals surface area contributed by atoms with Crippen LogP contribution in [-0.4, -0.2) is 44.1 Å². The van der Waals surface area contributed by atoms with Gasteiger partial charge in [0.2, 0.25) is 0 Å². The Labute approximate surface area is 131 Å². The number of hydrogen-bond donors (Lipinski definition) is 0. The second kappa shape index (κ2) is 4.80. The summed E-state index contributed by atoms with van der Waals surface area (Å²) in [4.78, 5) is 1.92. The molecule has 0 bridgehead atoms. The molecule has 6 nitrogen and oxygen atoms in total. The van der Waals surface area contributed by atoms with Crippen molar-refractivity contribution in [3.8, 4) is 0 Å². The Hall–Kier alpha value is -1.90. The molecule has 0 radical (unpaired) electrons. The molecule has 3 heterocycles. The van der Waals surface area contributed by atoms with E-state index in [0.29, 0.717) is 18.9 Å². The van der Waals surface area contributed by atoms with Gasteiger partial charge in [0.25, 0.3) is 5.82 Å². The second-order valence-electron chi connectivity index (χ2n) is 6.96. The predicted molar refractivity (Wildman–Crippen MR) is 77.2 cm³/mol. The van der Waals surface area contributed by atoms with Gasteiger partial charge in [-0.15, -0.1) is 15.3 Å². The fraction of sp³-hybridized carbons (Fsp3) is 0.643. The topological polar surface area (TPSA) is 55.6 Å². The number of alkyl halides is 3. The third-order valence-corrected chi connectivity index (χ3v) is 3.52. The summed E-state index contributed by atoms with van der Waals surface area (Å²) >= 11 is 0. The molecule has 1 aliphatic heterocycles. The Balaban J connectivity index is 2.03. The van der Waals surface area contributed by atoms with E-state index >= 15 is 0 Å². The first-order chi connectivity index (χ1) is 10.5. The van der Waals surface area contributed by atoms with Gasteiger partial charge in [-0.05, 0) is 39.8 Å². The number of anilines is 1. The van der Waals surface area contributed by atoms with E-state index in [1.54, 1.807) is 6.07 Å². The number of nitrogens with zero attached hydrogens (tertiary/aromatic N) is 5. The summed E-state index contributed by atoms with van der Waals surface area (Å²) in [5.74, 6) is -0.687. The molecule has 9 heteroatoms. The van der Waals surface area contributed by atoms with Crippen LogP contribution in [0.3, 0.4) is 0 Å². The van der Waals surface area contributed by atoms with E-state index in [1.807, 2.05) is 32.6 Å². The average molecular weight is 329 g/mol. The Kier molecular flexibility index (Phi) is 3.33. The van der Waals surface area contributed by atoms with Crippen LogP contribution in [0.1, 0.15) is 33.5 Å². The van der Waals surface area contributed by atoms with E-state index < -0.39 is 23.2 Å². The molecule has 0 atom stereocenters. The highest BCUT2D eigenvalue weighted by Crippen LogP contribution is 2.32.